The Hall–Kier alpha value is -3.52. The lowest BCUT2D eigenvalue weighted by Crippen LogP contribution is -2.37. The summed E-state index contributed by atoms with van der Waals surface area (Å²) in [5.41, 5.74) is 2.03. The van der Waals surface area contributed by atoms with Crippen molar-refractivity contribution in [2.24, 2.45) is 0 Å². The standard InChI is InChI=1S/C24H23NO6S/c26-18-14-12-17(13-15-18)25(32(29,30)19-6-2-1-3-7-19)22-10-4-9-21-20(22)8-5-11-23(21)31-16-24(27)28/h1-3,5-8,11-15,22,26H,4,9-10,16H2,(H,27,28). The molecular formula is C24H23NO6S. The summed E-state index contributed by atoms with van der Waals surface area (Å²) in [4.78, 5) is 11.1. The van der Waals surface area contributed by atoms with Crippen LogP contribution >= 0.6 is 0 Å². The van der Waals surface area contributed by atoms with E-state index in [0.717, 1.165) is 11.1 Å². The summed E-state index contributed by atoms with van der Waals surface area (Å²) in [5, 5.41) is 18.7. The third kappa shape index (κ3) is 4.27. The van der Waals surface area contributed by atoms with Crippen molar-refractivity contribution in [2.75, 3.05) is 10.9 Å². The number of carbonyl (C=O) groups is 1. The summed E-state index contributed by atoms with van der Waals surface area (Å²) in [5.74, 6) is -0.580. The molecule has 0 heterocycles. The number of ether oxygens (including phenoxy) is 1. The average Bonchev–Trinajstić information content (AvgIpc) is 2.79. The van der Waals surface area contributed by atoms with Crippen LogP contribution in [-0.4, -0.2) is 31.2 Å². The highest BCUT2D eigenvalue weighted by molar-refractivity contribution is 7.92. The number of benzene rings is 3. The molecule has 166 valence electrons. The van der Waals surface area contributed by atoms with Crippen LogP contribution in [0.15, 0.2) is 77.7 Å². The maximum absolute atomic E-state index is 13.8. The quantitative estimate of drug-likeness (QED) is 0.558. The molecule has 1 atom stereocenters. The summed E-state index contributed by atoms with van der Waals surface area (Å²) >= 11 is 0. The largest absolute Gasteiger partial charge is 0.508 e. The zero-order valence-electron chi connectivity index (χ0n) is 17.2. The Morgan fingerprint density at radius 1 is 1.00 bits per heavy atom. The van der Waals surface area contributed by atoms with Crippen LogP contribution in [0.4, 0.5) is 5.69 Å². The van der Waals surface area contributed by atoms with E-state index in [2.05, 4.69) is 0 Å². The van der Waals surface area contributed by atoms with Gasteiger partial charge >= 0.3 is 5.97 Å². The fraction of sp³-hybridized carbons (Fsp3) is 0.208. The maximum Gasteiger partial charge on any atom is 0.341 e. The molecule has 32 heavy (non-hydrogen) atoms. The van der Waals surface area contributed by atoms with E-state index in [1.165, 1.54) is 16.4 Å². The van der Waals surface area contributed by atoms with E-state index in [0.29, 0.717) is 30.7 Å². The van der Waals surface area contributed by atoms with E-state index >= 15 is 0 Å². The van der Waals surface area contributed by atoms with Crippen LogP contribution in [0.25, 0.3) is 0 Å². The minimum Gasteiger partial charge on any atom is -0.508 e. The molecule has 0 aromatic heterocycles. The average molecular weight is 454 g/mol. The van der Waals surface area contributed by atoms with Gasteiger partial charge in [0.1, 0.15) is 11.5 Å². The van der Waals surface area contributed by atoms with Crippen LogP contribution in [0.5, 0.6) is 11.5 Å². The molecule has 0 saturated carbocycles. The summed E-state index contributed by atoms with van der Waals surface area (Å²) in [7, 11) is -3.93. The van der Waals surface area contributed by atoms with Crippen molar-refractivity contribution in [3.63, 3.8) is 0 Å². The lowest BCUT2D eigenvalue weighted by atomic mass is 9.87. The van der Waals surface area contributed by atoms with E-state index in [-0.39, 0.29) is 10.6 Å². The summed E-state index contributed by atoms with van der Waals surface area (Å²) < 4.78 is 34.4. The maximum atomic E-state index is 13.8. The first-order valence-corrected chi connectivity index (χ1v) is 11.7. The Morgan fingerprint density at radius 2 is 1.72 bits per heavy atom. The highest BCUT2D eigenvalue weighted by Gasteiger charge is 2.36. The molecule has 0 saturated heterocycles. The normalized spacial score (nSPS) is 15.6. The van der Waals surface area contributed by atoms with Crippen molar-refractivity contribution in [3.8, 4) is 11.5 Å². The molecule has 3 aromatic rings. The van der Waals surface area contributed by atoms with Crippen molar-refractivity contribution in [1.29, 1.82) is 0 Å². The van der Waals surface area contributed by atoms with Gasteiger partial charge in [0.2, 0.25) is 0 Å². The molecule has 3 aromatic carbocycles. The van der Waals surface area contributed by atoms with Gasteiger partial charge in [-0.25, -0.2) is 13.2 Å². The number of fused-ring (bicyclic) bond motifs is 1. The van der Waals surface area contributed by atoms with Crippen LogP contribution in [0.3, 0.4) is 0 Å². The second-order valence-electron chi connectivity index (χ2n) is 7.54. The summed E-state index contributed by atoms with van der Waals surface area (Å²) in [6, 6.07) is 19.1. The minimum absolute atomic E-state index is 0.0409. The molecule has 0 fully saturated rings. The number of carboxylic acid groups (broad SMARTS) is 1. The molecule has 0 spiro atoms. The van der Waals surface area contributed by atoms with E-state index in [9.17, 15) is 18.3 Å². The van der Waals surface area contributed by atoms with Gasteiger partial charge in [-0.3, -0.25) is 4.31 Å². The zero-order chi connectivity index (χ0) is 22.7. The van der Waals surface area contributed by atoms with Crippen LogP contribution in [0.2, 0.25) is 0 Å². The van der Waals surface area contributed by atoms with Gasteiger partial charge in [-0.2, -0.15) is 0 Å². The van der Waals surface area contributed by atoms with Gasteiger partial charge in [0.05, 0.1) is 16.6 Å². The molecule has 0 aliphatic heterocycles. The van der Waals surface area contributed by atoms with Gasteiger partial charge in [-0.1, -0.05) is 30.3 Å². The number of nitrogens with zero attached hydrogens (tertiary/aromatic N) is 1. The predicted molar refractivity (Wildman–Crippen MR) is 119 cm³/mol. The van der Waals surface area contributed by atoms with Gasteiger partial charge in [-0.05, 0) is 72.9 Å². The molecule has 2 N–H and O–H groups in total. The van der Waals surface area contributed by atoms with Crippen molar-refractivity contribution < 1.29 is 28.2 Å². The van der Waals surface area contributed by atoms with Gasteiger partial charge in [0.15, 0.2) is 6.61 Å². The van der Waals surface area contributed by atoms with Gasteiger partial charge in [0.25, 0.3) is 10.0 Å². The topological polar surface area (TPSA) is 104 Å². The zero-order valence-corrected chi connectivity index (χ0v) is 18.0. The Labute approximate surface area is 186 Å². The molecule has 0 amide bonds. The number of anilines is 1. The molecule has 0 bridgehead atoms. The number of phenolic OH excluding ortho intramolecular Hbond substituents is 1. The van der Waals surface area contributed by atoms with Crippen molar-refractivity contribution in [1.82, 2.24) is 0 Å². The highest BCUT2D eigenvalue weighted by Crippen LogP contribution is 2.43. The molecule has 1 aliphatic carbocycles. The first-order chi connectivity index (χ1) is 15.4. The van der Waals surface area contributed by atoms with E-state index in [4.69, 9.17) is 9.84 Å². The first kappa shape index (κ1) is 21.7. The lowest BCUT2D eigenvalue weighted by Gasteiger charge is -2.37. The molecule has 0 radical (unpaired) electrons. The van der Waals surface area contributed by atoms with Crippen LogP contribution < -0.4 is 9.04 Å². The summed E-state index contributed by atoms with van der Waals surface area (Å²) in [6.45, 7) is -0.467. The molecule has 1 aliphatic rings. The SMILES string of the molecule is O=C(O)COc1cccc2c1CCCC2N(c1ccc(O)cc1)S(=O)(=O)c1ccccc1. The Morgan fingerprint density at radius 3 is 2.41 bits per heavy atom. The number of sulfonamides is 1. The van der Waals surface area contributed by atoms with Crippen LogP contribution in [0, 0.1) is 0 Å². The first-order valence-electron chi connectivity index (χ1n) is 10.2. The van der Waals surface area contributed by atoms with Gasteiger partial charge < -0.3 is 14.9 Å². The third-order valence-electron chi connectivity index (χ3n) is 5.47. The monoisotopic (exact) mass is 453 g/mol. The predicted octanol–water partition coefficient (Wildman–Crippen LogP) is 4.13. The Bertz CT molecular complexity index is 1210. The lowest BCUT2D eigenvalue weighted by molar-refractivity contribution is -0.139. The van der Waals surface area contributed by atoms with Gasteiger partial charge in [0, 0.05) is 0 Å². The molecule has 7 nitrogen and oxygen atoms in total. The molecular weight excluding hydrogens is 430 g/mol. The van der Waals surface area contributed by atoms with Crippen molar-refractivity contribution in [2.45, 2.75) is 30.2 Å². The number of rotatable bonds is 7. The summed E-state index contributed by atoms with van der Waals surface area (Å²) in [6.07, 6.45) is 1.96. The number of carboxylic acids is 1. The number of phenols is 1. The van der Waals surface area contributed by atoms with E-state index in [1.54, 1.807) is 54.6 Å². The fourth-order valence-electron chi connectivity index (χ4n) is 4.10. The van der Waals surface area contributed by atoms with Crippen molar-refractivity contribution >= 4 is 21.7 Å². The number of aliphatic carboxylic acids is 1. The minimum atomic E-state index is -3.93. The second-order valence-corrected chi connectivity index (χ2v) is 9.36. The third-order valence-corrected chi connectivity index (χ3v) is 7.32. The van der Waals surface area contributed by atoms with Crippen LogP contribution in [0.1, 0.15) is 30.0 Å². The van der Waals surface area contributed by atoms with Crippen LogP contribution in [-0.2, 0) is 21.2 Å². The molecule has 1 unspecified atom stereocenters. The highest BCUT2D eigenvalue weighted by atomic mass is 32.2. The number of hydrogen-bond acceptors (Lipinski definition) is 5. The number of hydrogen-bond donors (Lipinski definition) is 2. The van der Waals surface area contributed by atoms with E-state index < -0.39 is 28.6 Å². The molecule has 4 rings (SSSR count). The smallest absolute Gasteiger partial charge is 0.341 e. The molecule has 8 heteroatoms. The number of aromatic hydroxyl groups is 1. The second kappa shape index (κ2) is 8.92. The van der Waals surface area contributed by atoms with E-state index in [1.807, 2.05) is 6.07 Å². The fourth-order valence-corrected chi connectivity index (χ4v) is 5.78. The Kier molecular flexibility index (Phi) is 6.05. The van der Waals surface area contributed by atoms with Gasteiger partial charge in [-0.15, -0.1) is 0 Å². The van der Waals surface area contributed by atoms with Crippen molar-refractivity contribution in [3.05, 3.63) is 83.9 Å². The Balaban J connectivity index is 1.84.